The van der Waals surface area contributed by atoms with Crippen LogP contribution in [-0.4, -0.2) is 34.9 Å². The van der Waals surface area contributed by atoms with Crippen molar-refractivity contribution in [3.8, 4) is 0 Å². The van der Waals surface area contributed by atoms with Gasteiger partial charge in [-0.05, 0) is 39.7 Å². The largest absolute Gasteiger partial charge is 0.385 e. The monoisotopic (exact) mass is 291 g/mol. The van der Waals surface area contributed by atoms with E-state index in [1.54, 1.807) is 6.20 Å². The fraction of sp³-hybridized carbons (Fsp3) is 0.647. The van der Waals surface area contributed by atoms with E-state index in [1.165, 1.54) is 0 Å². The predicted octanol–water partition coefficient (Wildman–Crippen LogP) is 3.86. The molecule has 0 bridgehead atoms. The number of carbonyl (C=O) groups excluding carboxylic acids is 1. The van der Waals surface area contributed by atoms with E-state index in [9.17, 15) is 4.79 Å². The second-order valence-electron chi connectivity index (χ2n) is 5.51. The summed E-state index contributed by atoms with van der Waals surface area (Å²) in [6.45, 7) is 12.0. The van der Waals surface area contributed by atoms with Gasteiger partial charge in [0.1, 0.15) is 0 Å². The number of anilines is 1. The van der Waals surface area contributed by atoms with Crippen LogP contribution in [0.15, 0.2) is 12.3 Å². The molecule has 1 aromatic heterocycles. The first-order chi connectivity index (χ1) is 10.0. The minimum absolute atomic E-state index is 0.0845. The highest BCUT2D eigenvalue weighted by molar-refractivity contribution is 5.99. The molecule has 21 heavy (non-hydrogen) atoms. The molecule has 0 saturated heterocycles. The summed E-state index contributed by atoms with van der Waals surface area (Å²) in [7, 11) is 0. The smallest absolute Gasteiger partial charge is 0.257 e. The molecule has 0 aliphatic heterocycles. The Labute approximate surface area is 129 Å². The average molecular weight is 291 g/mol. The highest BCUT2D eigenvalue weighted by Crippen LogP contribution is 2.20. The van der Waals surface area contributed by atoms with Crippen molar-refractivity contribution in [2.75, 3.05) is 18.4 Å². The van der Waals surface area contributed by atoms with E-state index in [1.807, 2.05) is 24.8 Å². The summed E-state index contributed by atoms with van der Waals surface area (Å²) >= 11 is 0. The molecule has 1 heterocycles. The molecule has 4 heteroatoms. The number of hydrogen-bond acceptors (Lipinski definition) is 3. The highest BCUT2D eigenvalue weighted by atomic mass is 16.2. The number of nitrogens with zero attached hydrogens (tertiary/aromatic N) is 2. The first kappa shape index (κ1) is 17.5. The number of carbonyl (C=O) groups is 1. The topological polar surface area (TPSA) is 45.2 Å². The predicted molar refractivity (Wildman–Crippen MR) is 88.8 cm³/mol. The average Bonchev–Trinajstić information content (AvgIpc) is 2.47. The van der Waals surface area contributed by atoms with Crippen LogP contribution in [0.5, 0.6) is 0 Å². The lowest BCUT2D eigenvalue weighted by Gasteiger charge is -2.29. The Kier molecular flexibility index (Phi) is 7.20. The van der Waals surface area contributed by atoms with Crippen LogP contribution in [-0.2, 0) is 0 Å². The number of pyridine rings is 1. The van der Waals surface area contributed by atoms with Crippen LogP contribution in [0.25, 0.3) is 0 Å². The summed E-state index contributed by atoms with van der Waals surface area (Å²) in [4.78, 5) is 19.2. The van der Waals surface area contributed by atoms with Crippen molar-refractivity contribution < 1.29 is 4.79 Å². The van der Waals surface area contributed by atoms with E-state index in [0.29, 0.717) is 5.56 Å². The van der Waals surface area contributed by atoms with Crippen LogP contribution in [0.3, 0.4) is 0 Å². The Morgan fingerprint density at radius 1 is 1.38 bits per heavy atom. The van der Waals surface area contributed by atoms with Crippen molar-refractivity contribution in [3.63, 3.8) is 0 Å². The van der Waals surface area contributed by atoms with Gasteiger partial charge >= 0.3 is 0 Å². The normalized spacial score (nSPS) is 12.0. The van der Waals surface area contributed by atoms with Gasteiger partial charge in [0.25, 0.3) is 5.91 Å². The molecule has 0 aliphatic rings. The minimum atomic E-state index is 0.0845. The number of rotatable bonds is 8. The molecule has 118 valence electrons. The third-order valence-electron chi connectivity index (χ3n) is 3.77. The molecule has 0 fully saturated rings. The van der Waals surface area contributed by atoms with E-state index < -0.39 is 0 Å². The molecule has 1 unspecified atom stereocenters. The third kappa shape index (κ3) is 4.73. The van der Waals surface area contributed by atoms with Crippen molar-refractivity contribution in [3.05, 3.63) is 23.5 Å². The summed E-state index contributed by atoms with van der Waals surface area (Å²) in [6, 6.07) is 2.20. The van der Waals surface area contributed by atoms with Crippen molar-refractivity contribution in [1.82, 2.24) is 9.88 Å². The molecule has 0 spiro atoms. The summed E-state index contributed by atoms with van der Waals surface area (Å²) in [5, 5.41) is 3.28. The van der Waals surface area contributed by atoms with Gasteiger partial charge in [0, 0.05) is 31.0 Å². The van der Waals surface area contributed by atoms with Gasteiger partial charge in [0.15, 0.2) is 0 Å². The zero-order valence-corrected chi connectivity index (χ0v) is 14.1. The maximum absolute atomic E-state index is 12.9. The van der Waals surface area contributed by atoms with E-state index in [2.05, 4.69) is 31.1 Å². The van der Waals surface area contributed by atoms with Crippen molar-refractivity contribution >= 4 is 11.6 Å². The molecule has 1 N–H and O–H groups in total. The van der Waals surface area contributed by atoms with Gasteiger partial charge in [0.05, 0.1) is 11.3 Å². The van der Waals surface area contributed by atoms with Gasteiger partial charge in [0.2, 0.25) is 0 Å². The number of aromatic nitrogens is 1. The van der Waals surface area contributed by atoms with Crippen LogP contribution < -0.4 is 5.32 Å². The van der Waals surface area contributed by atoms with Crippen LogP contribution in [0.4, 0.5) is 5.69 Å². The molecular weight excluding hydrogens is 262 g/mol. The molecule has 4 nitrogen and oxygen atoms in total. The first-order valence-electron chi connectivity index (χ1n) is 8.06. The quantitative estimate of drug-likeness (QED) is 0.791. The van der Waals surface area contributed by atoms with Gasteiger partial charge in [-0.25, -0.2) is 0 Å². The third-order valence-corrected chi connectivity index (χ3v) is 3.77. The molecule has 1 atom stereocenters. The van der Waals surface area contributed by atoms with Crippen LogP contribution in [0.1, 0.15) is 63.0 Å². The number of aryl methyl sites for hydroxylation is 1. The molecule has 1 aromatic rings. The lowest BCUT2D eigenvalue weighted by Crippen LogP contribution is -2.39. The van der Waals surface area contributed by atoms with Gasteiger partial charge in [-0.15, -0.1) is 0 Å². The lowest BCUT2D eigenvalue weighted by molar-refractivity contribution is 0.0686. The molecule has 0 radical (unpaired) electrons. The Morgan fingerprint density at radius 2 is 2.10 bits per heavy atom. The second kappa shape index (κ2) is 8.65. The Hall–Kier alpha value is -1.58. The van der Waals surface area contributed by atoms with Crippen LogP contribution in [0, 0.1) is 6.92 Å². The summed E-state index contributed by atoms with van der Waals surface area (Å²) in [5.41, 5.74) is 2.49. The zero-order chi connectivity index (χ0) is 15.8. The summed E-state index contributed by atoms with van der Waals surface area (Å²) in [6.07, 6.45) is 4.79. The van der Waals surface area contributed by atoms with Crippen LogP contribution >= 0.6 is 0 Å². The molecule has 1 rings (SSSR count). The Balaban J connectivity index is 3.07. The summed E-state index contributed by atoms with van der Waals surface area (Å²) in [5.74, 6) is 0.0845. The van der Waals surface area contributed by atoms with Crippen LogP contribution in [0.2, 0.25) is 0 Å². The number of unbranched alkanes of at least 4 members (excludes halogenated alkanes) is 1. The molecule has 0 aliphatic carbocycles. The number of nitrogens with one attached hydrogen (secondary N) is 1. The highest BCUT2D eigenvalue weighted by Gasteiger charge is 2.22. The van der Waals surface area contributed by atoms with E-state index in [-0.39, 0.29) is 11.9 Å². The molecule has 0 aromatic carbocycles. The van der Waals surface area contributed by atoms with E-state index >= 15 is 0 Å². The zero-order valence-electron chi connectivity index (χ0n) is 14.1. The minimum Gasteiger partial charge on any atom is -0.385 e. The second-order valence-corrected chi connectivity index (χ2v) is 5.51. The Morgan fingerprint density at radius 3 is 2.67 bits per heavy atom. The number of amides is 1. The first-order valence-corrected chi connectivity index (χ1v) is 8.06. The maximum Gasteiger partial charge on any atom is 0.257 e. The molecule has 1 amide bonds. The van der Waals surface area contributed by atoms with E-state index in [0.717, 1.165) is 43.7 Å². The van der Waals surface area contributed by atoms with Crippen molar-refractivity contribution in [2.24, 2.45) is 0 Å². The maximum atomic E-state index is 12.9. The standard InChI is InChI=1S/C17H29N3O/c1-6-9-10-20(14(5)7-2)17(21)15-12-19-13(4)11-16(15)18-8-3/h11-12,14H,6-10H2,1-5H3,(H,18,19). The fourth-order valence-corrected chi connectivity index (χ4v) is 2.29. The van der Waals surface area contributed by atoms with Crippen molar-refractivity contribution in [1.29, 1.82) is 0 Å². The Bertz CT molecular complexity index is 459. The fourth-order valence-electron chi connectivity index (χ4n) is 2.29. The molecule has 0 saturated carbocycles. The SMILES string of the molecule is CCCCN(C(=O)c1cnc(C)cc1NCC)C(C)CC. The summed E-state index contributed by atoms with van der Waals surface area (Å²) < 4.78 is 0. The van der Waals surface area contributed by atoms with Gasteiger partial charge in [-0.2, -0.15) is 0 Å². The lowest BCUT2D eigenvalue weighted by atomic mass is 10.1. The van der Waals surface area contributed by atoms with Gasteiger partial charge in [-0.1, -0.05) is 20.3 Å². The number of hydrogen-bond donors (Lipinski definition) is 1. The van der Waals surface area contributed by atoms with Crippen molar-refractivity contribution in [2.45, 2.75) is 59.9 Å². The van der Waals surface area contributed by atoms with E-state index in [4.69, 9.17) is 0 Å². The van der Waals surface area contributed by atoms with Gasteiger partial charge in [-0.3, -0.25) is 9.78 Å². The van der Waals surface area contributed by atoms with Gasteiger partial charge < -0.3 is 10.2 Å². The molecular formula is C17H29N3O.